The van der Waals surface area contributed by atoms with E-state index in [9.17, 15) is 4.79 Å². The van der Waals surface area contributed by atoms with Gasteiger partial charge >= 0.3 is 5.97 Å². The summed E-state index contributed by atoms with van der Waals surface area (Å²) >= 11 is 5.08. The van der Waals surface area contributed by atoms with Gasteiger partial charge in [-0.25, -0.2) is 4.79 Å². The van der Waals surface area contributed by atoms with Crippen molar-refractivity contribution in [3.05, 3.63) is 50.6 Å². The molecule has 2 aromatic rings. The predicted octanol–water partition coefficient (Wildman–Crippen LogP) is 3.85. The van der Waals surface area contributed by atoms with Crippen molar-refractivity contribution in [1.82, 2.24) is 0 Å². The fourth-order valence-electron chi connectivity index (χ4n) is 1.67. The molecule has 0 aliphatic carbocycles. The minimum absolute atomic E-state index is 0.311. The monoisotopic (exact) mass is 325 g/mol. The number of aromatic carboxylic acids is 1. The number of nitrogens with zero attached hydrogens (tertiary/aromatic N) is 1. The van der Waals surface area contributed by atoms with Crippen molar-refractivity contribution in [2.24, 2.45) is 0 Å². The van der Waals surface area contributed by atoms with Crippen molar-refractivity contribution in [2.75, 3.05) is 11.9 Å². The molecule has 3 nitrogen and oxygen atoms in total. The van der Waals surface area contributed by atoms with Gasteiger partial charge in [-0.1, -0.05) is 6.07 Å². The molecule has 0 aliphatic rings. The van der Waals surface area contributed by atoms with Crippen molar-refractivity contribution >= 4 is 38.9 Å². The molecule has 5 heteroatoms. The normalized spacial score (nSPS) is 10.3. The summed E-state index contributed by atoms with van der Waals surface area (Å²) in [5, 5.41) is 11.0. The lowest BCUT2D eigenvalue weighted by atomic mass is 10.2. The Bertz CT molecular complexity index is 568. The zero-order valence-electron chi connectivity index (χ0n) is 9.76. The van der Waals surface area contributed by atoms with Gasteiger partial charge in [0, 0.05) is 19.3 Å². The van der Waals surface area contributed by atoms with Crippen LogP contribution in [-0.2, 0) is 6.54 Å². The number of carboxylic acid groups (broad SMARTS) is 1. The summed E-state index contributed by atoms with van der Waals surface area (Å²) in [5.74, 6) is -0.900. The van der Waals surface area contributed by atoms with Crippen molar-refractivity contribution in [2.45, 2.75) is 6.54 Å². The summed E-state index contributed by atoms with van der Waals surface area (Å²) in [6.07, 6.45) is 0. The van der Waals surface area contributed by atoms with Gasteiger partial charge in [0.25, 0.3) is 0 Å². The lowest BCUT2D eigenvalue weighted by molar-refractivity contribution is 0.0697. The van der Waals surface area contributed by atoms with Crippen LogP contribution in [0.3, 0.4) is 0 Å². The van der Waals surface area contributed by atoms with Crippen molar-refractivity contribution in [1.29, 1.82) is 0 Å². The Labute approximate surface area is 118 Å². The SMILES string of the molecule is CN(Cc1csc(Br)c1)c1cccc(C(=O)O)c1. The first kappa shape index (κ1) is 13.1. The van der Waals surface area contributed by atoms with Crippen molar-refractivity contribution in [3.8, 4) is 0 Å². The molecular weight excluding hydrogens is 314 g/mol. The molecular formula is C13H12BrNO2S. The maximum atomic E-state index is 10.9. The van der Waals surface area contributed by atoms with Gasteiger partial charge in [-0.3, -0.25) is 0 Å². The predicted molar refractivity (Wildman–Crippen MR) is 77.5 cm³/mol. The Morgan fingerprint density at radius 3 is 2.83 bits per heavy atom. The van der Waals surface area contributed by atoms with E-state index in [1.807, 2.05) is 18.0 Å². The minimum Gasteiger partial charge on any atom is -0.478 e. The Hall–Kier alpha value is -1.33. The van der Waals surface area contributed by atoms with E-state index in [2.05, 4.69) is 27.4 Å². The first-order valence-corrected chi connectivity index (χ1v) is 7.01. The van der Waals surface area contributed by atoms with Crippen LogP contribution in [0.5, 0.6) is 0 Å². The largest absolute Gasteiger partial charge is 0.478 e. The first-order valence-electron chi connectivity index (χ1n) is 5.33. The molecule has 18 heavy (non-hydrogen) atoms. The Kier molecular flexibility index (Phi) is 4.04. The van der Waals surface area contributed by atoms with Gasteiger partial charge < -0.3 is 10.0 Å². The molecule has 1 heterocycles. The second kappa shape index (κ2) is 5.54. The average Bonchev–Trinajstić information content (AvgIpc) is 2.75. The highest BCUT2D eigenvalue weighted by Crippen LogP contribution is 2.23. The smallest absolute Gasteiger partial charge is 0.335 e. The fraction of sp³-hybridized carbons (Fsp3) is 0.154. The second-order valence-corrected chi connectivity index (χ2v) is 6.26. The Morgan fingerprint density at radius 1 is 1.44 bits per heavy atom. The molecule has 0 unspecified atom stereocenters. The van der Waals surface area contributed by atoms with Crippen LogP contribution in [0, 0.1) is 0 Å². The number of anilines is 1. The molecule has 0 aliphatic heterocycles. The van der Waals surface area contributed by atoms with Gasteiger partial charge in [0.15, 0.2) is 0 Å². The van der Waals surface area contributed by atoms with Crippen LogP contribution in [-0.4, -0.2) is 18.1 Å². The van der Waals surface area contributed by atoms with E-state index in [-0.39, 0.29) is 0 Å². The third-order valence-corrected chi connectivity index (χ3v) is 4.13. The van der Waals surface area contributed by atoms with Crippen LogP contribution < -0.4 is 4.90 Å². The van der Waals surface area contributed by atoms with Crippen LogP contribution in [0.1, 0.15) is 15.9 Å². The van der Waals surface area contributed by atoms with Crippen LogP contribution in [0.2, 0.25) is 0 Å². The molecule has 1 N–H and O–H groups in total. The summed E-state index contributed by atoms with van der Waals surface area (Å²) in [6, 6.07) is 9.03. The standard InChI is InChI=1S/C13H12BrNO2S/c1-15(7-9-5-12(14)18-8-9)11-4-2-3-10(6-11)13(16)17/h2-6,8H,7H2,1H3,(H,16,17). The van der Waals surface area contributed by atoms with Crippen LogP contribution in [0.25, 0.3) is 0 Å². The van der Waals surface area contributed by atoms with E-state index < -0.39 is 5.97 Å². The third kappa shape index (κ3) is 3.11. The lowest BCUT2D eigenvalue weighted by Gasteiger charge is -2.18. The molecule has 0 radical (unpaired) electrons. The van der Waals surface area contributed by atoms with E-state index in [0.29, 0.717) is 5.56 Å². The number of halogens is 1. The van der Waals surface area contributed by atoms with E-state index in [1.54, 1.807) is 29.5 Å². The van der Waals surface area contributed by atoms with Gasteiger partial charge in [-0.15, -0.1) is 11.3 Å². The topological polar surface area (TPSA) is 40.5 Å². The summed E-state index contributed by atoms with van der Waals surface area (Å²) in [6.45, 7) is 0.755. The van der Waals surface area contributed by atoms with E-state index >= 15 is 0 Å². The summed E-state index contributed by atoms with van der Waals surface area (Å²) in [4.78, 5) is 12.9. The van der Waals surface area contributed by atoms with Crippen molar-refractivity contribution < 1.29 is 9.90 Å². The van der Waals surface area contributed by atoms with E-state index in [4.69, 9.17) is 5.11 Å². The Balaban J connectivity index is 2.15. The molecule has 1 aromatic heterocycles. The van der Waals surface area contributed by atoms with Gasteiger partial charge in [0.2, 0.25) is 0 Å². The molecule has 94 valence electrons. The molecule has 0 saturated heterocycles. The zero-order valence-corrected chi connectivity index (χ0v) is 12.2. The molecule has 0 atom stereocenters. The fourth-order valence-corrected chi connectivity index (χ4v) is 2.87. The lowest BCUT2D eigenvalue weighted by Crippen LogP contribution is -2.16. The molecule has 0 amide bonds. The van der Waals surface area contributed by atoms with E-state index in [0.717, 1.165) is 16.0 Å². The number of hydrogen-bond acceptors (Lipinski definition) is 3. The molecule has 1 aromatic carbocycles. The van der Waals surface area contributed by atoms with Gasteiger partial charge in [0.05, 0.1) is 9.35 Å². The highest BCUT2D eigenvalue weighted by molar-refractivity contribution is 9.11. The highest BCUT2D eigenvalue weighted by Gasteiger charge is 2.07. The molecule has 0 spiro atoms. The molecule has 0 saturated carbocycles. The van der Waals surface area contributed by atoms with Gasteiger partial charge in [-0.05, 0) is 51.1 Å². The Morgan fingerprint density at radius 2 is 2.22 bits per heavy atom. The zero-order chi connectivity index (χ0) is 13.1. The van der Waals surface area contributed by atoms with Gasteiger partial charge in [-0.2, -0.15) is 0 Å². The number of rotatable bonds is 4. The minimum atomic E-state index is -0.900. The number of carbonyl (C=O) groups is 1. The summed E-state index contributed by atoms with van der Waals surface area (Å²) in [7, 11) is 1.95. The second-order valence-electron chi connectivity index (χ2n) is 3.97. The maximum Gasteiger partial charge on any atom is 0.335 e. The van der Waals surface area contributed by atoms with E-state index in [1.165, 1.54) is 5.56 Å². The number of carboxylic acids is 1. The van der Waals surface area contributed by atoms with Crippen molar-refractivity contribution in [3.63, 3.8) is 0 Å². The van der Waals surface area contributed by atoms with Crippen LogP contribution in [0.15, 0.2) is 39.5 Å². The molecule has 2 rings (SSSR count). The first-order chi connectivity index (χ1) is 8.56. The number of hydrogen-bond donors (Lipinski definition) is 1. The number of thiophene rings is 1. The summed E-state index contributed by atoms with van der Waals surface area (Å²) in [5.41, 5.74) is 2.41. The molecule has 0 bridgehead atoms. The highest BCUT2D eigenvalue weighted by atomic mass is 79.9. The van der Waals surface area contributed by atoms with Crippen LogP contribution >= 0.6 is 27.3 Å². The quantitative estimate of drug-likeness (QED) is 0.928. The van der Waals surface area contributed by atoms with Gasteiger partial charge in [0.1, 0.15) is 0 Å². The number of benzene rings is 1. The maximum absolute atomic E-state index is 10.9. The van der Waals surface area contributed by atoms with Crippen LogP contribution in [0.4, 0.5) is 5.69 Å². The molecule has 0 fully saturated rings. The third-order valence-electron chi connectivity index (χ3n) is 2.58. The summed E-state index contributed by atoms with van der Waals surface area (Å²) < 4.78 is 1.10. The average molecular weight is 326 g/mol.